The van der Waals surface area contributed by atoms with Crippen LogP contribution < -0.4 is 9.47 Å². The van der Waals surface area contributed by atoms with Crippen molar-refractivity contribution in [2.45, 2.75) is 18.3 Å². The highest BCUT2D eigenvalue weighted by Gasteiger charge is 2.65. The molecule has 0 radical (unpaired) electrons. The highest BCUT2D eigenvalue weighted by molar-refractivity contribution is 7.10. The minimum absolute atomic E-state index is 0.0599. The highest BCUT2D eigenvalue weighted by Crippen LogP contribution is 2.58. The summed E-state index contributed by atoms with van der Waals surface area (Å²) in [6.07, 6.45) is -0.316. The average Bonchev–Trinajstić information content (AvgIpc) is 2.93. The van der Waals surface area contributed by atoms with E-state index in [1.165, 1.54) is 0 Å². The molecular formula is C15H10ClNO4S. The van der Waals surface area contributed by atoms with Crippen LogP contribution in [0.25, 0.3) is 0 Å². The van der Waals surface area contributed by atoms with Crippen LogP contribution in [0.4, 0.5) is 0 Å². The number of benzene rings is 1. The lowest BCUT2D eigenvalue weighted by molar-refractivity contribution is -0.145. The van der Waals surface area contributed by atoms with Gasteiger partial charge < -0.3 is 14.2 Å². The van der Waals surface area contributed by atoms with E-state index >= 15 is 0 Å². The van der Waals surface area contributed by atoms with Crippen molar-refractivity contribution in [1.82, 2.24) is 4.90 Å². The Morgan fingerprint density at radius 1 is 1.23 bits per heavy atom. The summed E-state index contributed by atoms with van der Waals surface area (Å²) in [6, 6.07) is 7.22. The van der Waals surface area contributed by atoms with Gasteiger partial charge in [0.15, 0.2) is 17.7 Å². The zero-order valence-corrected chi connectivity index (χ0v) is 12.8. The number of carbonyl (C=O) groups is 1. The Bertz CT molecular complexity index is 778. The topological polar surface area (TPSA) is 47.8 Å². The Hall–Kier alpha value is -1.76. The lowest BCUT2D eigenvalue weighted by Crippen LogP contribution is -2.12. The third kappa shape index (κ3) is 1.65. The zero-order chi connectivity index (χ0) is 14.8. The molecule has 2 saturated heterocycles. The van der Waals surface area contributed by atoms with Crippen molar-refractivity contribution >= 4 is 28.9 Å². The molecule has 3 aliphatic heterocycles. The first kappa shape index (κ1) is 12.8. The first-order chi connectivity index (χ1) is 10.7. The van der Waals surface area contributed by atoms with Crippen molar-refractivity contribution < 1.29 is 19.0 Å². The van der Waals surface area contributed by atoms with Gasteiger partial charge in [0.05, 0.1) is 10.9 Å². The van der Waals surface area contributed by atoms with Crippen LogP contribution in [0.1, 0.15) is 22.7 Å². The predicted molar refractivity (Wildman–Crippen MR) is 79.1 cm³/mol. The SMILES string of the molecule is O=C1OC(c2cccs2)N2C1C2c1cc2c(cc1Cl)OCO2. The molecule has 4 unspecified atom stereocenters. The third-order valence-corrected chi connectivity index (χ3v) is 5.42. The standard InChI is InChI=1S/C15H10ClNO4S/c16-8-5-10-9(19-6-20-10)4-7(8)12-13-15(18)21-14(17(12)13)11-2-1-3-22-11/h1-5,12-14H,6H2. The Morgan fingerprint density at radius 3 is 2.82 bits per heavy atom. The fourth-order valence-corrected chi connectivity index (χ4v) is 4.18. The second-order valence-corrected chi connectivity index (χ2v) is 6.76. The van der Waals surface area contributed by atoms with E-state index in [0.29, 0.717) is 16.5 Å². The fourth-order valence-electron chi connectivity index (χ4n) is 3.16. The van der Waals surface area contributed by atoms with Crippen LogP contribution in [0.3, 0.4) is 0 Å². The minimum Gasteiger partial charge on any atom is -0.454 e. The van der Waals surface area contributed by atoms with Gasteiger partial charge in [0.1, 0.15) is 6.04 Å². The van der Waals surface area contributed by atoms with Crippen molar-refractivity contribution in [2.24, 2.45) is 0 Å². The molecule has 0 amide bonds. The van der Waals surface area contributed by atoms with E-state index in [2.05, 4.69) is 0 Å². The molecule has 4 atom stereocenters. The largest absolute Gasteiger partial charge is 0.454 e. The van der Waals surface area contributed by atoms with Gasteiger partial charge in [-0.05, 0) is 23.1 Å². The van der Waals surface area contributed by atoms with Gasteiger partial charge in [-0.3, -0.25) is 4.79 Å². The predicted octanol–water partition coefficient (Wildman–Crippen LogP) is 3.11. The van der Waals surface area contributed by atoms with E-state index in [9.17, 15) is 4.79 Å². The van der Waals surface area contributed by atoms with Gasteiger partial charge in [0.2, 0.25) is 6.79 Å². The second-order valence-electron chi connectivity index (χ2n) is 5.37. The molecule has 5 rings (SSSR count). The Balaban J connectivity index is 1.52. The summed E-state index contributed by atoms with van der Waals surface area (Å²) in [5.41, 5.74) is 0.883. The summed E-state index contributed by atoms with van der Waals surface area (Å²) in [4.78, 5) is 15.2. The molecule has 4 heterocycles. The second kappa shape index (κ2) is 4.38. The van der Waals surface area contributed by atoms with Gasteiger partial charge in [-0.1, -0.05) is 17.7 Å². The van der Waals surface area contributed by atoms with Crippen molar-refractivity contribution in [1.29, 1.82) is 0 Å². The minimum atomic E-state index is -0.316. The van der Waals surface area contributed by atoms with Gasteiger partial charge in [-0.15, -0.1) is 11.3 Å². The molecule has 22 heavy (non-hydrogen) atoms. The summed E-state index contributed by atoms with van der Waals surface area (Å²) in [7, 11) is 0. The van der Waals surface area contributed by atoms with Crippen molar-refractivity contribution in [3.05, 3.63) is 45.1 Å². The number of nitrogens with zero attached hydrogens (tertiary/aromatic N) is 1. The van der Waals surface area contributed by atoms with Crippen LogP contribution in [-0.2, 0) is 9.53 Å². The van der Waals surface area contributed by atoms with Crippen molar-refractivity contribution in [2.75, 3.05) is 6.79 Å². The first-order valence-corrected chi connectivity index (χ1v) is 8.10. The average molecular weight is 336 g/mol. The highest BCUT2D eigenvalue weighted by atomic mass is 35.5. The van der Waals surface area contributed by atoms with Gasteiger partial charge in [0.25, 0.3) is 0 Å². The molecular weight excluding hydrogens is 326 g/mol. The summed E-state index contributed by atoms with van der Waals surface area (Å²) in [5.74, 6) is 1.12. The molecule has 0 spiro atoms. The molecule has 2 aromatic rings. The lowest BCUT2D eigenvalue weighted by Gasteiger charge is -2.15. The molecule has 0 N–H and O–H groups in total. The van der Waals surface area contributed by atoms with E-state index in [-0.39, 0.29) is 31.1 Å². The van der Waals surface area contributed by atoms with Gasteiger partial charge in [0, 0.05) is 11.1 Å². The molecule has 3 aliphatic rings. The molecule has 7 heteroatoms. The molecule has 1 aromatic carbocycles. The van der Waals surface area contributed by atoms with Gasteiger partial charge >= 0.3 is 5.97 Å². The monoisotopic (exact) mass is 335 g/mol. The molecule has 0 saturated carbocycles. The van der Waals surface area contributed by atoms with E-state index in [0.717, 1.165) is 10.4 Å². The van der Waals surface area contributed by atoms with E-state index in [1.807, 2.05) is 28.5 Å². The summed E-state index contributed by atoms with van der Waals surface area (Å²) in [6.45, 7) is 0.201. The van der Waals surface area contributed by atoms with Crippen LogP contribution in [0.15, 0.2) is 29.6 Å². The fraction of sp³-hybridized carbons (Fsp3) is 0.267. The van der Waals surface area contributed by atoms with Crippen LogP contribution in [0.2, 0.25) is 5.02 Å². The number of ether oxygens (including phenoxy) is 3. The quantitative estimate of drug-likeness (QED) is 0.623. The number of hydrogen-bond donors (Lipinski definition) is 0. The Labute approximate surface area is 135 Å². The molecule has 1 aromatic heterocycles. The molecule has 5 nitrogen and oxygen atoms in total. The number of fused-ring (bicyclic) bond motifs is 2. The summed E-state index contributed by atoms with van der Waals surface area (Å²) >= 11 is 7.94. The van der Waals surface area contributed by atoms with E-state index < -0.39 is 0 Å². The number of esters is 1. The Kier molecular flexibility index (Phi) is 2.54. The van der Waals surface area contributed by atoms with Crippen LogP contribution in [-0.4, -0.2) is 23.7 Å². The maximum absolute atomic E-state index is 12.1. The maximum atomic E-state index is 12.1. The summed E-state index contributed by atoms with van der Waals surface area (Å²) < 4.78 is 16.2. The van der Waals surface area contributed by atoms with E-state index in [1.54, 1.807) is 17.4 Å². The molecule has 0 aliphatic carbocycles. The van der Waals surface area contributed by atoms with Crippen molar-refractivity contribution in [3.8, 4) is 11.5 Å². The lowest BCUT2D eigenvalue weighted by atomic mass is 10.1. The number of cyclic esters (lactones) is 1. The number of rotatable bonds is 2. The number of thiophene rings is 1. The maximum Gasteiger partial charge on any atom is 0.327 e. The van der Waals surface area contributed by atoms with Crippen LogP contribution >= 0.6 is 22.9 Å². The summed E-state index contributed by atoms with van der Waals surface area (Å²) in [5, 5.41) is 2.56. The van der Waals surface area contributed by atoms with Gasteiger partial charge in [-0.25, -0.2) is 4.90 Å². The first-order valence-electron chi connectivity index (χ1n) is 6.84. The molecule has 0 bridgehead atoms. The number of halogens is 1. The smallest absolute Gasteiger partial charge is 0.327 e. The number of carbonyl (C=O) groups excluding carboxylic acids is 1. The van der Waals surface area contributed by atoms with E-state index in [4.69, 9.17) is 25.8 Å². The Morgan fingerprint density at radius 2 is 2.05 bits per heavy atom. The third-order valence-electron chi connectivity index (χ3n) is 4.19. The molecule has 2 fully saturated rings. The van der Waals surface area contributed by atoms with Crippen molar-refractivity contribution in [3.63, 3.8) is 0 Å². The normalized spacial score (nSPS) is 31.0. The number of hydrogen-bond acceptors (Lipinski definition) is 6. The zero-order valence-electron chi connectivity index (χ0n) is 11.2. The van der Waals surface area contributed by atoms with Crippen LogP contribution in [0, 0.1) is 0 Å². The van der Waals surface area contributed by atoms with Gasteiger partial charge in [-0.2, -0.15) is 0 Å². The molecule has 112 valence electrons. The van der Waals surface area contributed by atoms with Crippen LogP contribution in [0.5, 0.6) is 11.5 Å².